The van der Waals surface area contributed by atoms with E-state index >= 15 is 0 Å². The van der Waals surface area contributed by atoms with Crippen LogP contribution in [0.2, 0.25) is 5.02 Å². The van der Waals surface area contributed by atoms with Crippen LogP contribution in [0.1, 0.15) is 5.56 Å². The van der Waals surface area contributed by atoms with Crippen LogP contribution in [0.15, 0.2) is 22.0 Å². The Labute approximate surface area is 115 Å². The third-order valence-corrected chi connectivity index (χ3v) is 3.62. The fourth-order valence-corrected chi connectivity index (χ4v) is 2.63. The zero-order valence-electron chi connectivity index (χ0n) is 9.88. The third kappa shape index (κ3) is 2.44. The molecule has 0 amide bonds. The van der Waals surface area contributed by atoms with E-state index in [9.17, 15) is 18.0 Å². The van der Waals surface area contributed by atoms with Gasteiger partial charge in [0.05, 0.1) is 16.1 Å². The first kappa shape index (κ1) is 14.2. The summed E-state index contributed by atoms with van der Waals surface area (Å²) < 4.78 is 39.4. The minimum Gasteiger partial charge on any atom is -0.293 e. The molecule has 0 aliphatic carbocycles. The molecule has 1 aromatic carbocycles. The summed E-state index contributed by atoms with van der Waals surface area (Å²) in [4.78, 5) is 15.3. The smallest absolute Gasteiger partial charge is 0.293 e. The number of rotatable bonds is 1. The third-order valence-electron chi connectivity index (χ3n) is 2.63. The lowest BCUT2D eigenvalue weighted by Crippen LogP contribution is -2.21. The number of hydrogen-bond donors (Lipinski definition) is 0. The lowest BCUT2D eigenvalue weighted by Gasteiger charge is -2.13. The second kappa shape index (κ2) is 4.72. The van der Waals surface area contributed by atoms with Crippen LogP contribution in [0.5, 0.6) is 0 Å². The topological polar surface area (TPSA) is 34.9 Å². The molecule has 19 heavy (non-hydrogen) atoms. The van der Waals surface area contributed by atoms with Crippen molar-refractivity contribution in [1.82, 2.24) is 9.55 Å². The van der Waals surface area contributed by atoms with Gasteiger partial charge in [-0.15, -0.1) is 11.8 Å². The van der Waals surface area contributed by atoms with Gasteiger partial charge >= 0.3 is 11.9 Å². The van der Waals surface area contributed by atoms with E-state index in [4.69, 9.17) is 11.6 Å². The fourth-order valence-electron chi connectivity index (χ4n) is 1.74. The molecule has 8 heteroatoms. The second-order valence-electron chi connectivity index (χ2n) is 3.81. The van der Waals surface area contributed by atoms with Gasteiger partial charge in [-0.3, -0.25) is 4.57 Å². The van der Waals surface area contributed by atoms with Crippen molar-refractivity contribution in [2.45, 2.75) is 11.2 Å². The Kier molecular flexibility index (Phi) is 3.53. The van der Waals surface area contributed by atoms with E-state index in [0.29, 0.717) is 0 Å². The van der Waals surface area contributed by atoms with Crippen molar-refractivity contribution in [2.75, 3.05) is 6.26 Å². The zero-order valence-corrected chi connectivity index (χ0v) is 11.4. The monoisotopic (exact) mass is 308 g/mol. The van der Waals surface area contributed by atoms with E-state index in [1.54, 1.807) is 6.26 Å². The first-order valence-corrected chi connectivity index (χ1v) is 6.67. The number of nitrogens with zero attached hydrogens (tertiary/aromatic N) is 2. The average Bonchev–Trinajstić information content (AvgIpc) is 2.31. The molecule has 0 atom stereocenters. The number of fused-ring (bicyclic) bond motifs is 1. The summed E-state index contributed by atoms with van der Waals surface area (Å²) >= 11 is 6.98. The minimum absolute atomic E-state index is 0.123. The normalized spacial score (nSPS) is 12.1. The number of alkyl halides is 3. The van der Waals surface area contributed by atoms with E-state index in [1.807, 2.05) is 0 Å². The molecule has 0 spiro atoms. The van der Waals surface area contributed by atoms with Gasteiger partial charge < -0.3 is 0 Å². The van der Waals surface area contributed by atoms with Crippen LogP contribution in [0.25, 0.3) is 10.9 Å². The molecule has 0 unspecified atom stereocenters. The van der Waals surface area contributed by atoms with Crippen molar-refractivity contribution in [1.29, 1.82) is 0 Å². The summed E-state index contributed by atoms with van der Waals surface area (Å²) in [6, 6.07) is 1.77. The highest BCUT2D eigenvalue weighted by atomic mass is 35.5. The number of aromatic nitrogens is 2. The first-order valence-electron chi connectivity index (χ1n) is 5.07. The van der Waals surface area contributed by atoms with Crippen LogP contribution < -0.4 is 5.69 Å². The molecule has 0 fully saturated rings. The van der Waals surface area contributed by atoms with Gasteiger partial charge in [-0.2, -0.15) is 18.2 Å². The maximum Gasteiger partial charge on any atom is 0.416 e. The molecule has 1 heterocycles. The van der Waals surface area contributed by atoms with Gasteiger partial charge in [0.15, 0.2) is 0 Å². The van der Waals surface area contributed by atoms with Gasteiger partial charge in [0.25, 0.3) is 0 Å². The summed E-state index contributed by atoms with van der Waals surface area (Å²) in [7, 11) is 1.42. The van der Waals surface area contributed by atoms with Crippen LogP contribution in [0.3, 0.4) is 0 Å². The Bertz CT molecular complexity index is 712. The highest BCUT2D eigenvalue weighted by Crippen LogP contribution is 2.36. The Hall–Kier alpha value is -1.21. The maximum absolute atomic E-state index is 12.8. The molecule has 102 valence electrons. The number of hydrogen-bond acceptors (Lipinski definition) is 3. The lowest BCUT2D eigenvalue weighted by molar-refractivity contribution is -0.137. The molecule has 0 aliphatic heterocycles. The molecular formula is C11H8ClF3N2OS. The summed E-state index contributed by atoms with van der Waals surface area (Å²) in [6.45, 7) is 0. The van der Waals surface area contributed by atoms with Crippen LogP contribution >= 0.6 is 23.4 Å². The van der Waals surface area contributed by atoms with E-state index in [1.165, 1.54) is 7.05 Å². The van der Waals surface area contributed by atoms with Crippen molar-refractivity contribution < 1.29 is 13.2 Å². The van der Waals surface area contributed by atoms with Crippen LogP contribution in [0, 0.1) is 0 Å². The number of benzene rings is 1. The summed E-state index contributed by atoms with van der Waals surface area (Å²) in [5.41, 5.74) is -1.17. The van der Waals surface area contributed by atoms with Crippen molar-refractivity contribution in [3.63, 3.8) is 0 Å². The fraction of sp³-hybridized carbons (Fsp3) is 0.273. The molecule has 0 aliphatic rings. The van der Waals surface area contributed by atoms with Gasteiger partial charge in [-0.1, -0.05) is 11.6 Å². The van der Waals surface area contributed by atoms with E-state index < -0.39 is 17.4 Å². The molecule has 1 aromatic heterocycles. The Morgan fingerprint density at radius 3 is 2.53 bits per heavy atom. The quantitative estimate of drug-likeness (QED) is 0.599. The van der Waals surface area contributed by atoms with E-state index in [2.05, 4.69) is 4.98 Å². The molecule has 2 aromatic rings. The molecular weight excluding hydrogens is 301 g/mol. The average molecular weight is 309 g/mol. The second-order valence-corrected chi connectivity index (χ2v) is 5.02. The summed E-state index contributed by atoms with van der Waals surface area (Å²) in [5, 5.41) is 0.322. The molecule has 0 saturated carbocycles. The number of halogens is 4. The van der Waals surface area contributed by atoms with Gasteiger partial charge in [-0.25, -0.2) is 4.79 Å². The van der Waals surface area contributed by atoms with Crippen molar-refractivity contribution in [3.8, 4) is 0 Å². The zero-order chi connectivity index (χ0) is 14.4. The van der Waals surface area contributed by atoms with Crippen molar-refractivity contribution in [2.24, 2.45) is 7.05 Å². The van der Waals surface area contributed by atoms with Crippen molar-refractivity contribution >= 4 is 34.3 Å². The summed E-state index contributed by atoms with van der Waals surface area (Å²) in [6.07, 6.45) is -2.86. The van der Waals surface area contributed by atoms with E-state index in [-0.39, 0.29) is 21.0 Å². The predicted molar refractivity (Wildman–Crippen MR) is 68.8 cm³/mol. The Balaban J connectivity index is 2.96. The summed E-state index contributed by atoms with van der Waals surface area (Å²) in [5.74, 6) is 0. The molecule has 2 rings (SSSR count). The highest BCUT2D eigenvalue weighted by molar-refractivity contribution is 7.98. The Morgan fingerprint density at radius 1 is 1.37 bits per heavy atom. The van der Waals surface area contributed by atoms with Gasteiger partial charge in [-0.05, 0) is 18.4 Å². The number of thioether (sulfide) groups is 1. The molecule has 0 bridgehead atoms. The number of aryl methyl sites for hydroxylation is 1. The lowest BCUT2D eigenvalue weighted by atomic mass is 10.1. The molecule has 3 nitrogen and oxygen atoms in total. The van der Waals surface area contributed by atoms with Gasteiger partial charge in [0, 0.05) is 12.4 Å². The molecule has 0 saturated heterocycles. The SMILES string of the molecule is CSc1nc(=O)n(C)c2c(Cl)cc(C(F)(F)F)cc12. The highest BCUT2D eigenvalue weighted by Gasteiger charge is 2.32. The van der Waals surface area contributed by atoms with Crippen LogP contribution in [-0.2, 0) is 13.2 Å². The van der Waals surface area contributed by atoms with Crippen LogP contribution in [0.4, 0.5) is 13.2 Å². The van der Waals surface area contributed by atoms with Gasteiger partial charge in [0.2, 0.25) is 0 Å². The minimum atomic E-state index is -4.50. The van der Waals surface area contributed by atoms with Gasteiger partial charge in [0.1, 0.15) is 5.03 Å². The van der Waals surface area contributed by atoms with Crippen molar-refractivity contribution in [3.05, 3.63) is 33.2 Å². The standard InChI is InChI=1S/C11H8ClF3N2OS/c1-17-8-6(9(19-2)16-10(17)18)3-5(4-7(8)12)11(13,14)15/h3-4H,1-2H3. The predicted octanol–water partition coefficient (Wildman–Crippen LogP) is 3.33. The molecule has 0 radical (unpaired) electrons. The van der Waals surface area contributed by atoms with Crippen LogP contribution in [-0.4, -0.2) is 15.8 Å². The Morgan fingerprint density at radius 2 is 2.00 bits per heavy atom. The first-order chi connectivity index (χ1) is 8.75. The molecule has 0 N–H and O–H groups in total. The maximum atomic E-state index is 12.8. The van der Waals surface area contributed by atoms with E-state index in [0.717, 1.165) is 28.5 Å². The largest absolute Gasteiger partial charge is 0.416 e.